The van der Waals surface area contributed by atoms with Crippen LogP contribution in [-0.2, 0) is 10.2 Å². The Morgan fingerprint density at radius 2 is 2.00 bits per heavy atom. The first-order chi connectivity index (χ1) is 7.25. The third-order valence-electron chi connectivity index (χ3n) is 2.78. The molecule has 0 aromatic rings. The number of thiocarbonyl (C=S) groups is 1. The van der Waals surface area contributed by atoms with Gasteiger partial charge in [-0.15, -0.1) is 0 Å². The Balaban J connectivity index is 2.73. The van der Waals surface area contributed by atoms with E-state index in [1.165, 1.54) is 11.4 Å². The molecule has 1 unspecified atom stereocenters. The predicted molar refractivity (Wildman–Crippen MR) is 68.3 cm³/mol. The first-order valence-electron chi connectivity index (χ1n) is 5.30. The number of nitrogens with zero attached hydrogens (tertiary/aromatic N) is 1. The van der Waals surface area contributed by atoms with E-state index in [1.54, 1.807) is 0 Å². The molecule has 3 N–H and O–H groups in total. The molecule has 0 amide bonds. The Bertz CT molecular complexity index is 363. The minimum atomic E-state index is -3.49. The van der Waals surface area contributed by atoms with Gasteiger partial charge in [-0.3, -0.25) is 0 Å². The van der Waals surface area contributed by atoms with Gasteiger partial charge in [0.25, 0.3) is 10.2 Å². The van der Waals surface area contributed by atoms with Gasteiger partial charge >= 0.3 is 0 Å². The molecular formula is C9H19N3O2S2. The van der Waals surface area contributed by atoms with Gasteiger partial charge in [0.05, 0.1) is 11.0 Å². The summed E-state index contributed by atoms with van der Waals surface area (Å²) in [5, 5.41) is 0. The van der Waals surface area contributed by atoms with Crippen molar-refractivity contribution in [1.29, 1.82) is 0 Å². The first-order valence-corrected chi connectivity index (χ1v) is 7.15. The van der Waals surface area contributed by atoms with E-state index < -0.39 is 16.3 Å². The Kier molecular flexibility index (Phi) is 4.28. The van der Waals surface area contributed by atoms with Crippen LogP contribution in [-0.4, -0.2) is 36.8 Å². The van der Waals surface area contributed by atoms with E-state index in [-0.39, 0.29) is 16.9 Å². The highest BCUT2D eigenvalue weighted by atomic mass is 32.2. The number of hydrogen-bond donors (Lipinski definition) is 2. The average molecular weight is 265 g/mol. The summed E-state index contributed by atoms with van der Waals surface area (Å²) in [5.74, 6) is 0.271. The molecule has 0 saturated heterocycles. The predicted octanol–water partition coefficient (Wildman–Crippen LogP) is 0.226. The lowest BCUT2D eigenvalue weighted by Crippen LogP contribution is -2.51. The van der Waals surface area contributed by atoms with Crippen LogP contribution in [0.15, 0.2) is 0 Å². The largest absolute Gasteiger partial charge is 0.392 e. The van der Waals surface area contributed by atoms with Crippen molar-refractivity contribution >= 4 is 27.4 Å². The lowest BCUT2D eigenvalue weighted by atomic mass is 10.2. The molecule has 5 nitrogen and oxygen atoms in total. The molecular weight excluding hydrogens is 246 g/mol. The van der Waals surface area contributed by atoms with E-state index in [2.05, 4.69) is 4.72 Å². The Labute approximate surface area is 103 Å². The molecule has 1 aliphatic rings. The van der Waals surface area contributed by atoms with Gasteiger partial charge in [-0.2, -0.15) is 17.4 Å². The van der Waals surface area contributed by atoms with E-state index in [1.807, 2.05) is 13.8 Å². The fraction of sp³-hybridized carbons (Fsp3) is 0.889. The highest BCUT2D eigenvalue weighted by Crippen LogP contribution is 2.33. The second-order valence-corrected chi connectivity index (χ2v) is 6.68. The van der Waals surface area contributed by atoms with Gasteiger partial charge in [-0.1, -0.05) is 12.2 Å². The SMILES string of the molecule is CC(C)N(C)S(=O)(=O)NC(C(N)=S)C1CC1. The van der Waals surface area contributed by atoms with Crippen LogP contribution in [0.2, 0.25) is 0 Å². The fourth-order valence-corrected chi connectivity index (χ4v) is 3.02. The van der Waals surface area contributed by atoms with Crippen LogP contribution in [0.3, 0.4) is 0 Å². The second kappa shape index (κ2) is 4.95. The molecule has 0 heterocycles. The van der Waals surface area contributed by atoms with Crippen molar-refractivity contribution in [3.05, 3.63) is 0 Å². The smallest absolute Gasteiger partial charge is 0.280 e. The van der Waals surface area contributed by atoms with E-state index in [0.29, 0.717) is 0 Å². The van der Waals surface area contributed by atoms with E-state index in [0.717, 1.165) is 12.8 Å². The summed E-state index contributed by atoms with van der Waals surface area (Å²) in [6.07, 6.45) is 1.96. The highest BCUT2D eigenvalue weighted by Gasteiger charge is 2.37. The molecule has 1 fully saturated rings. The van der Waals surface area contributed by atoms with Gasteiger partial charge in [0.15, 0.2) is 0 Å². The zero-order valence-corrected chi connectivity index (χ0v) is 11.4. The Morgan fingerprint density at radius 3 is 2.31 bits per heavy atom. The summed E-state index contributed by atoms with van der Waals surface area (Å²) in [6.45, 7) is 3.62. The van der Waals surface area contributed by atoms with Crippen molar-refractivity contribution < 1.29 is 8.42 Å². The number of hydrogen-bond acceptors (Lipinski definition) is 3. The first kappa shape index (κ1) is 13.8. The van der Waals surface area contributed by atoms with Crippen LogP contribution in [0.5, 0.6) is 0 Å². The van der Waals surface area contributed by atoms with Crippen molar-refractivity contribution in [1.82, 2.24) is 9.03 Å². The molecule has 16 heavy (non-hydrogen) atoms. The molecule has 0 spiro atoms. The zero-order valence-electron chi connectivity index (χ0n) is 9.80. The maximum Gasteiger partial charge on any atom is 0.280 e. The third-order valence-corrected chi connectivity index (χ3v) is 4.77. The number of nitrogens with one attached hydrogen (secondary N) is 1. The van der Waals surface area contributed by atoms with Crippen molar-refractivity contribution in [2.75, 3.05) is 7.05 Å². The zero-order chi connectivity index (χ0) is 12.5. The molecule has 0 bridgehead atoms. The standard InChI is InChI=1S/C9H19N3O2S2/c1-6(2)12(3)16(13,14)11-8(9(10)15)7-4-5-7/h6-8,11H,4-5H2,1-3H3,(H2,10,15). The maximum atomic E-state index is 11.9. The molecule has 94 valence electrons. The Hall–Kier alpha value is -0.240. The van der Waals surface area contributed by atoms with E-state index >= 15 is 0 Å². The minimum absolute atomic E-state index is 0.0938. The van der Waals surface area contributed by atoms with Crippen molar-refractivity contribution in [2.24, 2.45) is 11.7 Å². The molecule has 1 saturated carbocycles. The van der Waals surface area contributed by atoms with Crippen molar-refractivity contribution in [3.63, 3.8) is 0 Å². The molecule has 0 aromatic carbocycles. The fourth-order valence-electron chi connectivity index (χ4n) is 1.34. The summed E-state index contributed by atoms with van der Waals surface area (Å²) in [7, 11) is -1.95. The van der Waals surface area contributed by atoms with E-state index in [4.69, 9.17) is 18.0 Å². The van der Waals surface area contributed by atoms with Gasteiger partial charge in [-0.25, -0.2) is 0 Å². The van der Waals surface area contributed by atoms with Gasteiger partial charge in [0, 0.05) is 13.1 Å². The Morgan fingerprint density at radius 1 is 1.50 bits per heavy atom. The molecule has 1 atom stereocenters. The van der Waals surface area contributed by atoms with Crippen LogP contribution >= 0.6 is 12.2 Å². The monoisotopic (exact) mass is 265 g/mol. The maximum absolute atomic E-state index is 11.9. The lowest BCUT2D eigenvalue weighted by molar-refractivity contribution is 0.398. The topological polar surface area (TPSA) is 75.4 Å². The van der Waals surface area contributed by atoms with Crippen LogP contribution in [0.25, 0.3) is 0 Å². The van der Waals surface area contributed by atoms with Crippen LogP contribution in [0, 0.1) is 5.92 Å². The summed E-state index contributed by atoms with van der Waals surface area (Å²) >= 11 is 4.89. The molecule has 0 aromatic heterocycles. The van der Waals surface area contributed by atoms with E-state index in [9.17, 15) is 8.42 Å². The molecule has 1 rings (SSSR count). The third kappa shape index (κ3) is 3.38. The quantitative estimate of drug-likeness (QED) is 0.674. The minimum Gasteiger partial charge on any atom is -0.392 e. The van der Waals surface area contributed by atoms with Crippen LogP contribution in [0.1, 0.15) is 26.7 Å². The van der Waals surface area contributed by atoms with Gasteiger partial charge in [0.1, 0.15) is 0 Å². The summed E-state index contributed by atoms with van der Waals surface area (Å²) in [5.41, 5.74) is 5.55. The lowest BCUT2D eigenvalue weighted by Gasteiger charge is -2.25. The van der Waals surface area contributed by atoms with Crippen LogP contribution < -0.4 is 10.5 Å². The molecule has 7 heteroatoms. The van der Waals surface area contributed by atoms with Gasteiger partial charge in [0.2, 0.25) is 0 Å². The number of nitrogens with two attached hydrogens (primary N) is 1. The summed E-state index contributed by atoms with van der Waals surface area (Å²) < 4.78 is 27.7. The normalized spacial score (nSPS) is 19.1. The number of rotatable bonds is 6. The van der Waals surface area contributed by atoms with Crippen LogP contribution in [0.4, 0.5) is 0 Å². The molecule has 0 radical (unpaired) electrons. The van der Waals surface area contributed by atoms with Gasteiger partial charge < -0.3 is 5.73 Å². The highest BCUT2D eigenvalue weighted by molar-refractivity contribution is 7.87. The summed E-state index contributed by atoms with van der Waals surface area (Å²) in [6, 6.07) is -0.495. The van der Waals surface area contributed by atoms with Crippen molar-refractivity contribution in [3.8, 4) is 0 Å². The van der Waals surface area contributed by atoms with Crippen molar-refractivity contribution in [2.45, 2.75) is 38.8 Å². The second-order valence-electron chi connectivity index (χ2n) is 4.45. The molecule has 0 aliphatic heterocycles. The molecule has 1 aliphatic carbocycles. The summed E-state index contributed by atoms with van der Waals surface area (Å²) in [4.78, 5) is 0.225. The van der Waals surface area contributed by atoms with Gasteiger partial charge in [-0.05, 0) is 32.6 Å². The average Bonchev–Trinajstić information content (AvgIpc) is 2.95.